The van der Waals surface area contributed by atoms with Crippen molar-refractivity contribution >= 4 is 11.6 Å². The Bertz CT molecular complexity index is 525. The number of rotatable bonds is 5. The highest BCUT2D eigenvalue weighted by atomic mass is 15.0. The van der Waals surface area contributed by atoms with Gasteiger partial charge in [-0.15, -0.1) is 0 Å². The molecule has 0 aliphatic heterocycles. The lowest BCUT2D eigenvalue weighted by Crippen LogP contribution is -2.10. The van der Waals surface area contributed by atoms with E-state index in [-0.39, 0.29) is 5.92 Å². The van der Waals surface area contributed by atoms with Crippen molar-refractivity contribution in [3.63, 3.8) is 0 Å². The number of nitrogens with zero attached hydrogens (tertiary/aromatic N) is 3. The molecule has 2 aromatic heterocycles. The van der Waals surface area contributed by atoms with E-state index in [4.69, 9.17) is 5.73 Å². The second kappa shape index (κ2) is 6.13. The van der Waals surface area contributed by atoms with Crippen LogP contribution in [-0.2, 0) is 6.42 Å². The Kier molecular flexibility index (Phi) is 4.28. The van der Waals surface area contributed by atoms with Crippen molar-refractivity contribution in [3.05, 3.63) is 42.0 Å². The van der Waals surface area contributed by atoms with Crippen LogP contribution in [0.25, 0.3) is 0 Å². The van der Waals surface area contributed by atoms with Gasteiger partial charge in [0.15, 0.2) is 0 Å². The van der Waals surface area contributed by atoms with Gasteiger partial charge in [0.2, 0.25) is 0 Å². The first-order valence-corrected chi connectivity index (χ1v) is 6.42. The zero-order chi connectivity index (χ0) is 13.7. The van der Waals surface area contributed by atoms with Crippen molar-refractivity contribution in [2.24, 2.45) is 0 Å². The lowest BCUT2D eigenvalue weighted by Gasteiger charge is -2.10. The summed E-state index contributed by atoms with van der Waals surface area (Å²) in [6, 6.07) is 5.78. The SMILES string of the molecule is CC(C)c1nc(N)cc(NCCc2ccncc2)n1. The molecule has 0 bridgehead atoms. The third-order valence-corrected chi connectivity index (χ3v) is 2.75. The van der Waals surface area contributed by atoms with Crippen LogP contribution in [0.5, 0.6) is 0 Å². The van der Waals surface area contributed by atoms with E-state index in [9.17, 15) is 0 Å². The normalized spacial score (nSPS) is 10.7. The molecule has 3 N–H and O–H groups in total. The van der Waals surface area contributed by atoms with E-state index in [1.807, 2.05) is 12.1 Å². The maximum atomic E-state index is 5.78. The summed E-state index contributed by atoms with van der Waals surface area (Å²) >= 11 is 0. The quantitative estimate of drug-likeness (QED) is 0.859. The van der Waals surface area contributed by atoms with Crippen LogP contribution >= 0.6 is 0 Å². The van der Waals surface area contributed by atoms with Crippen LogP contribution in [0, 0.1) is 0 Å². The molecule has 0 aliphatic rings. The summed E-state index contributed by atoms with van der Waals surface area (Å²) in [5.74, 6) is 2.33. The summed E-state index contributed by atoms with van der Waals surface area (Å²) in [5, 5.41) is 3.28. The van der Waals surface area contributed by atoms with Crippen LogP contribution in [0.15, 0.2) is 30.6 Å². The molecule has 2 aromatic rings. The summed E-state index contributed by atoms with van der Waals surface area (Å²) in [4.78, 5) is 12.7. The molecule has 0 fully saturated rings. The third-order valence-electron chi connectivity index (χ3n) is 2.75. The van der Waals surface area contributed by atoms with E-state index >= 15 is 0 Å². The Hall–Kier alpha value is -2.17. The van der Waals surface area contributed by atoms with Crippen molar-refractivity contribution in [1.82, 2.24) is 15.0 Å². The third kappa shape index (κ3) is 3.91. The maximum absolute atomic E-state index is 5.78. The Morgan fingerprint density at radius 3 is 2.63 bits per heavy atom. The molecular weight excluding hydrogens is 238 g/mol. The van der Waals surface area contributed by atoms with Crippen LogP contribution in [0.3, 0.4) is 0 Å². The Morgan fingerprint density at radius 1 is 1.21 bits per heavy atom. The number of hydrogen-bond donors (Lipinski definition) is 2. The van der Waals surface area contributed by atoms with Gasteiger partial charge >= 0.3 is 0 Å². The van der Waals surface area contributed by atoms with Gasteiger partial charge in [-0.1, -0.05) is 13.8 Å². The Labute approximate surface area is 113 Å². The highest BCUT2D eigenvalue weighted by Gasteiger charge is 2.06. The van der Waals surface area contributed by atoms with E-state index in [1.165, 1.54) is 5.56 Å². The fraction of sp³-hybridized carbons (Fsp3) is 0.357. The van der Waals surface area contributed by atoms with Crippen molar-refractivity contribution in [3.8, 4) is 0 Å². The molecule has 100 valence electrons. The smallest absolute Gasteiger partial charge is 0.135 e. The number of hydrogen-bond acceptors (Lipinski definition) is 5. The van der Waals surface area contributed by atoms with Gasteiger partial charge in [0, 0.05) is 30.9 Å². The first kappa shape index (κ1) is 13.3. The summed E-state index contributed by atoms with van der Waals surface area (Å²) in [5.41, 5.74) is 7.02. The first-order valence-electron chi connectivity index (χ1n) is 6.42. The van der Waals surface area contributed by atoms with Gasteiger partial charge in [-0.2, -0.15) is 0 Å². The van der Waals surface area contributed by atoms with Gasteiger partial charge in [-0.3, -0.25) is 4.98 Å². The Morgan fingerprint density at radius 2 is 1.95 bits per heavy atom. The lowest BCUT2D eigenvalue weighted by molar-refractivity contribution is 0.776. The minimum atomic E-state index is 0.268. The average molecular weight is 257 g/mol. The van der Waals surface area contributed by atoms with E-state index in [1.54, 1.807) is 18.5 Å². The zero-order valence-corrected chi connectivity index (χ0v) is 11.3. The molecule has 0 saturated carbocycles. The van der Waals surface area contributed by atoms with Crippen molar-refractivity contribution < 1.29 is 0 Å². The number of nitrogens with one attached hydrogen (secondary N) is 1. The molecular formula is C14H19N5. The summed E-state index contributed by atoms with van der Waals surface area (Å²) in [7, 11) is 0. The number of aromatic nitrogens is 3. The van der Waals surface area contributed by atoms with E-state index in [2.05, 4.69) is 34.1 Å². The van der Waals surface area contributed by atoms with Gasteiger partial charge in [-0.05, 0) is 24.1 Å². The fourth-order valence-electron chi connectivity index (χ4n) is 1.72. The Balaban J connectivity index is 1.96. The molecule has 5 heteroatoms. The molecule has 2 heterocycles. The van der Waals surface area contributed by atoms with Crippen molar-refractivity contribution in [2.45, 2.75) is 26.2 Å². The van der Waals surface area contributed by atoms with Gasteiger partial charge in [0.25, 0.3) is 0 Å². The molecule has 0 radical (unpaired) electrons. The predicted octanol–water partition coefficient (Wildman–Crippen LogP) is 2.23. The lowest BCUT2D eigenvalue weighted by atomic mass is 10.2. The average Bonchev–Trinajstić information content (AvgIpc) is 2.39. The van der Waals surface area contributed by atoms with Gasteiger partial charge in [0.1, 0.15) is 17.5 Å². The molecule has 0 amide bonds. The van der Waals surface area contributed by atoms with E-state index in [0.29, 0.717) is 5.82 Å². The molecule has 5 nitrogen and oxygen atoms in total. The summed E-state index contributed by atoms with van der Waals surface area (Å²) in [6.45, 7) is 4.91. The van der Waals surface area contributed by atoms with Gasteiger partial charge < -0.3 is 11.1 Å². The highest BCUT2D eigenvalue weighted by Crippen LogP contribution is 2.14. The second-order valence-electron chi connectivity index (χ2n) is 4.72. The van der Waals surface area contributed by atoms with Crippen LogP contribution in [-0.4, -0.2) is 21.5 Å². The van der Waals surface area contributed by atoms with Crippen LogP contribution in [0.4, 0.5) is 11.6 Å². The predicted molar refractivity (Wildman–Crippen MR) is 77.0 cm³/mol. The molecule has 2 rings (SSSR count). The number of nitrogens with two attached hydrogens (primary N) is 1. The minimum Gasteiger partial charge on any atom is -0.384 e. The maximum Gasteiger partial charge on any atom is 0.135 e. The molecule has 19 heavy (non-hydrogen) atoms. The van der Waals surface area contributed by atoms with E-state index in [0.717, 1.165) is 24.6 Å². The standard InChI is InChI=1S/C14H19N5/c1-10(2)14-18-12(15)9-13(19-14)17-8-5-11-3-6-16-7-4-11/h3-4,6-7,9-10H,5,8H2,1-2H3,(H3,15,17,18,19). The van der Waals surface area contributed by atoms with Crippen LogP contribution in [0.2, 0.25) is 0 Å². The number of pyridine rings is 1. The largest absolute Gasteiger partial charge is 0.384 e. The molecule has 0 atom stereocenters. The molecule has 0 spiro atoms. The fourth-order valence-corrected chi connectivity index (χ4v) is 1.72. The topological polar surface area (TPSA) is 76.7 Å². The van der Waals surface area contributed by atoms with Crippen molar-refractivity contribution in [2.75, 3.05) is 17.6 Å². The summed E-state index contributed by atoms with van der Waals surface area (Å²) in [6.07, 6.45) is 4.52. The minimum absolute atomic E-state index is 0.268. The second-order valence-corrected chi connectivity index (χ2v) is 4.72. The van der Waals surface area contributed by atoms with E-state index < -0.39 is 0 Å². The zero-order valence-electron chi connectivity index (χ0n) is 11.3. The summed E-state index contributed by atoms with van der Waals surface area (Å²) < 4.78 is 0. The number of nitrogen functional groups attached to an aromatic ring is 1. The van der Waals surface area contributed by atoms with Gasteiger partial charge in [0.05, 0.1) is 0 Å². The first-order chi connectivity index (χ1) is 9.15. The van der Waals surface area contributed by atoms with Crippen LogP contribution in [0.1, 0.15) is 31.2 Å². The monoisotopic (exact) mass is 257 g/mol. The molecule has 0 unspecified atom stereocenters. The molecule has 0 aromatic carbocycles. The van der Waals surface area contributed by atoms with Gasteiger partial charge in [-0.25, -0.2) is 9.97 Å². The van der Waals surface area contributed by atoms with Crippen LogP contribution < -0.4 is 11.1 Å². The molecule has 0 aliphatic carbocycles. The number of anilines is 2. The molecule has 0 saturated heterocycles. The highest BCUT2D eigenvalue weighted by molar-refractivity contribution is 5.45. The van der Waals surface area contributed by atoms with Crippen molar-refractivity contribution in [1.29, 1.82) is 0 Å².